The van der Waals surface area contributed by atoms with Crippen LogP contribution in [0.3, 0.4) is 0 Å². The second-order valence-corrected chi connectivity index (χ2v) is 9.57. The topological polar surface area (TPSA) is 84.5 Å². The number of nitrogens with two attached hydrogens (primary N) is 1. The van der Waals surface area contributed by atoms with Crippen LogP contribution in [0.1, 0.15) is 34.0 Å². The Morgan fingerprint density at radius 1 is 1.17 bits per heavy atom. The number of rotatable bonds is 5. The molecular weight excluding hydrogens is 512 g/mol. The average molecular weight is 538 g/mol. The number of benzene rings is 1. The number of amides is 1. The van der Waals surface area contributed by atoms with Crippen LogP contribution in [0, 0.1) is 17.5 Å². The number of aromatic nitrogens is 2. The minimum Gasteiger partial charge on any atom is -0.335 e. The second kappa shape index (κ2) is 11.6. The van der Waals surface area contributed by atoms with E-state index in [2.05, 4.69) is 16.9 Å². The van der Waals surface area contributed by atoms with Crippen molar-refractivity contribution in [2.24, 2.45) is 5.73 Å². The number of thioether (sulfide) groups is 1. The third kappa shape index (κ3) is 6.79. The summed E-state index contributed by atoms with van der Waals surface area (Å²) in [5, 5.41) is 0. The van der Waals surface area contributed by atoms with Crippen LogP contribution >= 0.6 is 11.8 Å². The largest absolute Gasteiger partial charge is 0.449 e. The Morgan fingerprint density at radius 2 is 1.86 bits per heavy atom. The van der Waals surface area contributed by atoms with Crippen LogP contribution in [-0.2, 0) is 30.5 Å². The van der Waals surface area contributed by atoms with E-state index < -0.39 is 47.1 Å². The summed E-state index contributed by atoms with van der Waals surface area (Å²) in [6.07, 6.45) is -5.13. The minimum atomic E-state index is -4.75. The molecular formula is C22H25F6N5O2S. The molecule has 1 amide bonds. The van der Waals surface area contributed by atoms with Gasteiger partial charge in [-0.05, 0) is 25.1 Å². The molecule has 2 N–H and O–H groups in total. The van der Waals surface area contributed by atoms with Gasteiger partial charge >= 0.3 is 6.18 Å². The van der Waals surface area contributed by atoms with Crippen molar-refractivity contribution in [1.29, 1.82) is 0 Å². The average Bonchev–Trinajstić information content (AvgIpc) is 3.43. The Balaban J connectivity index is 0.000000526. The maximum Gasteiger partial charge on any atom is 0.449 e. The number of nitrogens with zero attached hydrogens (tertiary/aromatic N) is 4. The highest BCUT2D eigenvalue weighted by molar-refractivity contribution is 7.99. The van der Waals surface area contributed by atoms with Gasteiger partial charge in [0.25, 0.3) is 0 Å². The normalized spacial score (nSPS) is 16.8. The number of hydrogen-bond acceptors (Lipinski definition) is 6. The molecule has 1 aromatic heterocycles. The zero-order valence-electron chi connectivity index (χ0n) is 19.3. The van der Waals surface area contributed by atoms with Gasteiger partial charge in [0, 0.05) is 49.8 Å². The molecule has 2 aliphatic heterocycles. The first kappa shape index (κ1) is 28.0. The van der Waals surface area contributed by atoms with E-state index in [0.29, 0.717) is 12.1 Å². The first-order valence-corrected chi connectivity index (χ1v) is 12.1. The molecule has 0 aliphatic carbocycles. The quantitative estimate of drug-likeness (QED) is 0.359. The maximum absolute atomic E-state index is 13.7. The first-order valence-electron chi connectivity index (χ1n) is 11.0. The van der Waals surface area contributed by atoms with E-state index in [-0.39, 0.29) is 50.0 Å². The summed E-state index contributed by atoms with van der Waals surface area (Å²) in [6, 6.07) is 0.0909. The zero-order chi connectivity index (χ0) is 26.6. The number of imidazole rings is 1. The third-order valence-corrected chi connectivity index (χ3v) is 6.79. The highest BCUT2D eigenvalue weighted by Crippen LogP contribution is 2.32. The fourth-order valence-electron chi connectivity index (χ4n) is 3.85. The summed E-state index contributed by atoms with van der Waals surface area (Å²) in [5.74, 6) is -2.79. The lowest BCUT2D eigenvalue weighted by Gasteiger charge is -2.30. The van der Waals surface area contributed by atoms with Gasteiger partial charge in [-0.25, -0.2) is 18.2 Å². The number of alkyl halides is 3. The monoisotopic (exact) mass is 537 g/mol. The maximum atomic E-state index is 13.7. The molecule has 2 aromatic rings. The molecule has 1 saturated heterocycles. The van der Waals surface area contributed by atoms with Gasteiger partial charge in [0.2, 0.25) is 11.7 Å². The van der Waals surface area contributed by atoms with Crippen molar-refractivity contribution in [3.05, 3.63) is 52.4 Å². The van der Waals surface area contributed by atoms with Gasteiger partial charge in [0.1, 0.15) is 11.5 Å². The van der Waals surface area contributed by atoms with Crippen LogP contribution in [-0.4, -0.2) is 69.4 Å². The smallest absolute Gasteiger partial charge is 0.335 e. The molecule has 2 aliphatic rings. The molecule has 14 heteroatoms. The molecule has 198 valence electrons. The Kier molecular flexibility index (Phi) is 9.06. The van der Waals surface area contributed by atoms with Crippen molar-refractivity contribution >= 4 is 24.0 Å². The summed E-state index contributed by atoms with van der Waals surface area (Å²) in [4.78, 5) is 30.5. The van der Waals surface area contributed by atoms with Crippen molar-refractivity contribution in [1.82, 2.24) is 19.4 Å². The number of carbonyl (C=O) groups is 2. The predicted octanol–water partition coefficient (Wildman–Crippen LogP) is 3.06. The van der Waals surface area contributed by atoms with Gasteiger partial charge in [-0.3, -0.25) is 14.5 Å². The molecule has 1 atom stereocenters. The lowest BCUT2D eigenvalue weighted by Crippen LogP contribution is -2.42. The van der Waals surface area contributed by atoms with E-state index in [1.807, 2.05) is 11.8 Å². The summed E-state index contributed by atoms with van der Waals surface area (Å²) >= 11 is 2.01. The van der Waals surface area contributed by atoms with E-state index in [4.69, 9.17) is 5.73 Å². The Hall–Kier alpha value is -2.58. The third-order valence-electron chi connectivity index (χ3n) is 5.69. The number of fused-ring (bicyclic) bond motifs is 1. The summed E-state index contributed by atoms with van der Waals surface area (Å²) < 4.78 is 80.1. The molecule has 1 fully saturated rings. The lowest BCUT2D eigenvalue weighted by atomic mass is 10.0. The Morgan fingerprint density at radius 3 is 2.42 bits per heavy atom. The van der Waals surface area contributed by atoms with Gasteiger partial charge < -0.3 is 15.2 Å². The van der Waals surface area contributed by atoms with Crippen molar-refractivity contribution < 1.29 is 35.9 Å². The number of carbonyl (C=O) groups excluding carboxylic acids is 2. The molecule has 0 bridgehead atoms. The highest BCUT2D eigenvalue weighted by atomic mass is 32.2. The molecule has 4 rings (SSSR count). The van der Waals surface area contributed by atoms with Gasteiger partial charge in [0.05, 0.1) is 12.2 Å². The zero-order valence-corrected chi connectivity index (χ0v) is 20.1. The molecule has 1 unspecified atom stereocenters. The van der Waals surface area contributed by atoms with Crippen LogP contribution in [0.15, 0.2) is 12.1 Å². The van der Waals surface area contributed by atoms with Crippen molar-refractivity contribution in [3.8, 4) is 0 Å². The standard InChI is InChI=1S/C18H16F6N4O2.C4H9NS/c19-11-6-13(21)12(20)4-9(11)3-10(25)5-16(30)27-1-2-28-15(7-27)14(8-29)26-17(28)18(22,23)24;1-5-2-3-6-4-5/h4,6,8,10H,1-3,5,7,25H2;2-4H2,1H3. The number of halogens is 6. The first-order chi connectivity index (χ1) is 16.9. The molecule has 0 saturated carbocycles. The molecule has 0 spiro atoms. The summed E-state index contributed by atoms with van der Waals surface area (Å²) in [5.41, 5.74) is 5.17. The van der Waals surface area contributed by atoms with E-state index in [9.17, 15) is 35.9 Å². The molecule has 0 radical (unpaired) electrons. The van der Waals surface area contributed by atoms with Crippen LogP contribution < -0.4 is 5.73 Å². The Labute approximate surface area is 207 Å². The van der Waals surface area contributed by atoms with Gasteiger partial charge in [-0.2, -0.15) is 13.2 Å². The second-order valence-electron chi connectivity index (χ2n) is 8.49. The fraction of sp³-hybridized carbons (Fsp3) is 0.500. The van der Waals surface area contributed by atoms with Gasteiger partial charge in [-0.1, -0.05) is 0 Å². The summed E-state index contributed by atoms with van der Waals surface area (Å²) in [6.45, 7) is 0.715. The molecule has 3 heterocycles. The molecule has 1 aromatic carbocycles. The van der Waals surface area contributed by atoms with Crippen LogP contribution in [0.4, 0.5) is 26.3 Å². The highest BCUT2D eigenvalue weighted by Gasteiger charge is 2.40. The Bertz CT molecular complexity index is 1100. The van der Waals surface area contributed by atoms with Crippen LogP contribution in [0.5, 0.6) is 0 Å². The van der Waals surface area contributed by atoms with Crippen molar-refractivity contribution in [2.45, 2.75) is 38.1 Å². The SMILES string of the molecule is CN1CCSC1.NC(CC(=O)N1CCn2c(C(F)(F)F)nc(C=O)c2C1)Cc1cc(F)c(F)cc1F. The summed E-state index contributed by atoms with van der Waals surface area (Å²) in [7, 11) is 2.15. The lowest BCUT2D eigenvalue weighted by molar-refractivity contribution is -0.148. The van der Waals surface area contributed by atoms with Gasteiger partial charge in [0.15, 0.2) is 17.9 Å². The minimum absolute atomic E-state index is 0.0443. The molecule has 7 nitrogen and oxygen atoms in total. The number of aldehydes is 1. The number of hydrogen-bond donors (Lipinski definition) is 1. The van der Waals surface area contributed by atoms with Crippen LogP contribution in [0.2, 0.25) is 0 Å². The van der Waals surface area contributed by atoms with Crippen molar-refractivity contribution in [2.75, 3.05) is 31.8 Å². The van der Waals surface area contributed by atoms with Crippen LogP contribution in [0.25, 0.3) is 0 Å². The molecule has 36 heavy (non-hydrogen) atoms. The van der Waals surface area contributed by atoms with Crippen molar-refractivity contribution in [3.63, 3.8) is 0 Å². The van der Waals surface area contributed by atoms with E-state index >= 15 is 0 Å². The van der Waals surface area contributed by atoms with E-state index in [1.54, 1.807) is 0 Å². The van der Waals surface area contributed by atoms with E-state index in [0.717, 1.165) is 4.57 Å². The van der Waals surface area contributed by atoms with Gasteiger partial charge in [-0.15, -0.1) is 11.8 Å². The van der Waals surface area contributed by atoms with E-state index in [1.165, 1.54) is 23.1 Å². The fourth-order valence-corrected chi connectivity index (χ4v) is 4.86. The predicted molar refractivity (Wildman–Crippen MR) is 121 cm³/mol.